The van der Waals surface area contributed by atoms with Gasteiger partial charge in [0.2, 0.25) is 23.6 Å². The summed E-state index contributed by atoms with van der Waals surface area (Å²) < 4.78 is 0. The molecule has 57 heavy (non-hydrogen) atoms. The maximum atomic E-state index is 14.0. The van der Waals surface area contributed by atoms with E-state index in [9.17, 15) is 39.0 Å². The van der Waals surface area contributed by atoms with Gasteiger partial charge >= 0.3 is 11.9 Å². The van der Waals surface area contributed by atoms with E-state index < -0.39 is 35.6 Å². The SMILES string of the molecule is O=C(O)c1ccc(Cc2ccc(C(=O)O)c(N(C(=O)Cc3ccccc3)C(=O)Cc3ccccc3)c2)cc1N(C(=O)Cc1ccccc1)C(=O)Cc1ccccc1. The first-order valence-electron chi connectivity index (χ1n) is 18.2. The van der Waals surface area contributed by atoms with Gasteiger partial charge in [-0.1, -0.05) is 133 Å². The number of hydrogen-bond acceptors (Lipinski definition) is 6. The van der Waals surface area contributed by atoms with Gasteiger partial charge in [-0.15, -0.1) is 0 Å². The summed E-state index contributed by atoms with van der Waals surface area (Å²) in [5.74, 6) is -5.20. The van der Waals surface area contributed by atoms with E-state index in [0.29, 0.717) is 33.4 Å². The number of carboxylic acids is 2. The lowest BCUT2D eigenvalue weighted by Crippen LogP contribution is -2.40. The predicted octanol–water partition coefficient (Wildman–Crippen LogP) is 7.36. The van der Waals surface area contributed by atoms with Gasteiger partial charge in [-0.3, -0.25) is 19.2 Å². The zero-order chi connectivity index (χ0) is 40.3. The summed E-state index contributed by atoms with van der Waals surface area (Å²) in [4.78, 5) is 83.0. The number of rotatable bonds is 14. The lowest BCUT2D eigenvalue weighted by molar-refractivity contribution is -0.127. The number of aromatic carboxylic acids is 2. The lowest BCUT2D eigenvalue weighted by atomic mass is 9.98. The van der Waals surface area contributed by atoms with Crippen molar-refractivity contribution in [1.82, 2.24) is 0 Å². The van der Waals surface area contributed by atoms with Crippen LogP contribution in [0.2, 0.25) is 0 Å². The Balaban J connectivity index is 1.40. The molecule has 0 atom stereocenters. The number of anilines is 2. The first-order chi connectivity index (χ1) is 27.6. The third-order valence-corrected chi connectivity index (χ3v) is 9.27. The molecule has 0 unspecified atom stereocenters. The Labute approximate surface area is 329 Å². The standard InChI is InChI=1S/C47H38N2O8/c50-42(28-32-13-5-1-6-14-32)48(43(51)29-33-15-7-2-8-16-33)40-26-36(21-23-38(40)46(54)55)25-37-22-24-39(47(56)57)41(27-37)49(44(52)30-34-17-9-3-10-18-34)45(53)31-35-19-11-4-12-20-35/h1-24,26-27H,25,28-31H2,(H,54,55)(H,56,57). The molecule has 0 heterocycles. The topological polar surface area (TPSA) is 149 Å². The van der Waals surface area contributed by atoms with E-state index >= 15 is 0 Å². The van der Waals surface area contributed by atoms with Crippen LogP contribution in [0.15, 0.2) is 158 Å². The Morgan fingerprint density at radius 1 is 0.351 bits per heavy atom. The van der Waals surface area contributed by atoms with Crippen LogP contribution < -0.4 is 9.80 Å². The number of carbonyl (C=O) groups is 6. The second kappa shape index (κ2) is 18.2. The maximum absolute atomic E-state index is 14.0. The highest BCUT2D eigenvalue weighted by Gasteiger charge is 2.30. The highest BCUT2D eigenvalue weighted by molar-refractivity contribution is 6.19. The van der Waals surface area contributed by atoms with Crippen molar-refractivity contribution in [1.29, 1.82) is 0 Å². The molecule has 2 N–H and O–H groups in total. The average molecular weight is 759 g/mol. The van der Waals surface area contributed by atoms with Crippen molar-refractivity contribution in [3.63, 3.8) is 0 Å². The van der Waals surface area contributed by atoms with Crippen LogP contribution in [0, 0.1) is 0 Å². The molecule has 0 bridgehead atoms. The number of hydrogen-bond donors (Lipinski definition) is 2. The molecule has 0 radical (unpaired) electrons. The van der Waals surface area contributed by atoms with Gasteiger partial charge in [0.05, 0.1) is 48.2 Å². The van der Waals surface area contributed by atoms with Gasteiger partial charge in [-0.05, 0) is 64.1 Å². The second-order valence-corrected chi connectivity index (χ2v) is 13.4. The summed E-state index contributed by atoms with van der Waals surface area (Å²) in [6.07, 6.45) is -0.632. The molecule has 10 nitrogen and oxygen atoms in total. The third-order valence-electron chi connectivity index (χ3n) is 9.27. The van der Waals surface area contributed by atoms with Crippen LogP contribution in [0.1, 0.15) is 54.1 Å². The lowest BCUT2D eigenvalue weighted by Gasteiger charge is -2.25. The normalized spacial score (nSPS) is 10.7. The molecule has 0 aromatic heterocycles. The molecule has 4 amide bonds. The fourth-order valence-electron chi connectivity index (χ4n) is 6.56. The molecule has 6 aromatic rings. The Kier molecular flexibility index (Phi) is 12.6. The highest BCUT2D eigenvalue weighted by atomic mass is 16.4. The van der Waals surface area contributed by atoms with Crippen LogP contribution >= 0.6 is 0 Å². The Bertz CT molecular complexity index is 2140. The summed E-state index contributed by atoms with van der Waals surface area (Å²) in [5.41, 5.74) is 2.70. The second-order valence-electron chi connectivity index (χ2n) is 13.4. The zero-order valence-electron chi connectivity index (χ0n) is 30.8. The van der Waals surface area contributed by atoms with Gasteiger partial charge < -0.3 is 10.2 Å². The van der Waals surface area contributed by atoms with Crippen LogP contribution in [-0.4, -0.2) is 45.8 Å². The van der Waals surface area contributed by atoms with E-state index in [1.807, 2.05) is 0 Å². The quantitative estimate of drug-likeness (QED) is 0.117. The molecule has 6 aromatic carbocycles. The maximum Gasteiger partial charge on any atom is 0.337 e. The summed E-state index contributed by atoms with van der Waals surface area (Å²) >= 11 is 0. The van der Waals surface area contributed by atoms with E-state index in [4.69, 9.17) is 0 Å². The first-order valence-corrected chi connectivity index (χ1v) is 18.2. The smallest absolute Gasteiger partial charge is 0.337 e. The van der Waals surface area contributed by atoms with Crippen LogP contribution in [0.3, 0.4) is 0 Å². The first kappa shape index (κ1) is 39.2. The van der Waals surface area contributed by atoms with E-state index in [1.54, 1.807) is 121 Å². The van der Waals surface area contributed by atoms with Gasteiger partial charge in [-0.2, -0.15) is 0 Å². The third kappa shape index (κ3) is 10.00. The molecule has 0 aliphatic heterocycles. The molecule has 6 rings (SSSR count). The van der Waals surface area contributed by atoms with Gasteiger partial charge in [0.25, 0.3) is 0 Å². The molecule has 0 aliphatic rings. The molecule has 0 saturated heterocycles. The summed E-state index contributed by atoms with van der Waals surface area (Å²) in [6.45, 7) is 0. The largest absolute Gasteiger partial charge is 0.478 e. The van der Waals surface area contributed by atoms with Crippen molar-refractivity contribution in [3.05, 3.63) is 202 Å². The minimum absolute atomic E-state index is 0.0565. The molecular formula is C47H38N2O8. The van der Waals surface area contributed by atoms with Crippen molar-refractivity contribution in [2.45, 2.75) is 32.1 Å². The minimum Gasteiger partial charge on any atom is -0.478 e. The van der Waals surface area contributed by atoms with Crippen LogP contribution in [0.5, 0.6) is 0 Å². The zero-order valence-corrected chi connectivity index (χ0v) is 30.8. The average Bonchev–Trinajstić information content (AvgIpc) is 3.19. The van der Waals surface area contributed by atoms with Crippen molar-refractivity contribution >= 4 is 46.9 Å². The Hall–Kier alpha value is -7.46. The van der Waals surface area contributed by atoms with E-state index in [-0.39, 0.29) is 54.6 Å². The van der Waals surface area contributed by atoms with E-state index in [2.05, 4.69) is 0 Å². The predicted molar refractivity (Wildman–Crippen MR) is 215 cm³/mol. The Morgan fingerprint density at radius 2 is 0.614 bits per heavy atom. The van der Waals surface area contributed by atoms with Crippen LogP contribution in [0.25, 0.3) is 0 Å². The fraction of sp³-hybridized carbons (Fsp3) is 0.106. The van der Waals surface area contributed by atoms with E-state index in [0.717, 1.165) is 9.80 Å². The summed E-state index contributed by atoms with van der Waals surface area (Å²) in [7, 11) is 0. The number of carboxylic acid groups (broad SMARTS) is 2. The molecule has 0 saturated carbocycles. The number of nitrogens with zero attached hydrogens (tertiary/aromatic N) is 2. The van der Waals surface area contributed by atoms with Crippen molar-refractivity contribution in [3.8, 4) is 0 Å². The van der Waals surface area contributed by atoms with Gasteiger partial charge in [0.1, 0.15) is 0 Å². The van der Waals surface area contributed by atoms with Crippen molar-refractivity contribution < 1.29 is 39.0 Å². The molecule has 0 spiro atoms. The van der Waals surface area contributed by atoms with Crippen LogP contribution in [0.4, 0.5) is 11.4 Å². The fourth-order valence-corrected chi connectivity index (χ4v) is 6.56. The molecule has 0 aliphatic carbocycles. The minimum atomic E-state index is -1.35. The number of imide groups is 2. The van der Waals surface area contributed by atoms with Gasteiger partial charge in [0.15, 0.2) is 0 Å². The number of carbonyl (C=O) groups excluding carboxylic acids is 4. The van der Waals surface area contributed by atoms with E-state index in [1.165, 1.54) is 36.4 Å². The monoisotopic (exact) mass is 758 g/mol. The molecule has 284 valence electrons. The van der Waals surface area contributed by atoms with Crippen LogP contribution in [-0.2, 0) is 51.3 Å². The Morgan fingerprint density at radius 3 is 0.860 bits per heavy atom. The molecule has 10 heteroatoms. The number of amides is 4. The van der Waals surface area contributed by atoms with Crippen molar-refractivity contribution in [2.24, 2.45) is 0 Å². The van der Waals surface area contributed by atoms with Gasteiger partial charge in [-0.25, -0.2) is 19.4 Å². The summed E-state index contributed by atoms with van der Waals surface area (Å²) in [5, 5.41) is 20.5. The highest BCUT2D eigenvalue weighted by Crippen LogP contribution is 2.30. The molecule has 0 fully saturated rings. The number of benzene rings is 6. The van der Waals surface area contributed by atoms with Crippen molar-refractivity contribution in [2.75, 3.05) is 9.80 Å². The summed E-state index contributed by atoms with van der Waals surface area (Å²) in [6, 6.07) is 43.8. The molecular weight excluding hydrogens is 721 g/mol. The van der Waals surface area contributed by atoms with Gasteiger partial charge in [0, 0.05) is 0 Å².